The normalized spacial score (nSPS) is 13.8. The van der Waals surface area contributed by atoms with Crippen molar-refractivity contribution in [1.29, 1.82) is 0 Å². The number of aliphatic hydroxyl groups is 1. The van der Waals surface area contributed by atoms with Crippen LogP contribution in [0.5, 0.6) is 0 Å². The number of hydrogen-bond donors (Lipinski definition) is 2. The molecule has 1 aromatic rings. The maximum Gasteiger partial charge on any atom is 0.251 e. The highest BCUT2D eigenvalue weighted by Crippen LogP contribution is 2.15. The van der Waals surface area contributed by atoms with Crippen molar-refractivity contribution in [3.63, 3.8) is 0 Å². The first-order chi connectivity index (χ1) is 9.12. The minimum absolute atomic E-state index is 0.317. The van der Waals surface area contributed by atoms with E-state index in [1.165, 1.54) is 12.6 Å². The Balaban J connectivity index is 2.25. The zero-order valence-corrected chi connectivity index (χ0v) is 11.7. The van der Waals surface area contributed by atoms with E-state index in [0.717, 1.165) is 6.42 Å². The summed E-state index contributed by atoms with van der Waals surface area (Å²) in [7, 11) is 1.53. The number of rotatable bonds is 8. The van der Waals surface area contributed by atoms with Gasteiger partial charge in [0.1, 0.15) is 5.60 Å². The molecule has 0 saturated heterocycles. The van der Waals surface area contributed by atoms with Gasteiger partial charge in [-0.2, -0.15) is 0 Å². The van der Waals surface area contributed by atoms with Crippen LogP contribution in [0, 0.1) is 0 Å². The van der Waals surface area contributed by atoms with Crippen LogP contribution < -0.4 is 5.32 Å². The predicted octanol–water partition coefficient (Wildman–Crippen LogP) is 1.52. The molecule has 0 radical (unpaired) electrons. The van der Waals surface area contributed by atoms with Crippen molar-refractivity contribution in [1.82, 2.24) is 5.32 Å². The molecule has 0 aliphatic carbocycles. The molecule has 0 bridgehead atoms. The van der Waals surface area contributed by atoms with E-state index in [1.807, 2.05) is 18.2 Å². The van der Waals surface area contributed by atoms with Gasteiger partial charge in [0, 0.05) is 20.1 Å². The van der Waals surface area contributed by atoms with E-state index in [-0.39, 0.29) is 5.91 Å². The minimum Gasteiger partial charge on any atom is -0.381 e. The number of ether oxygens (including phenoxy) is 1. The Labute approximate surface area is 114 Å². The summed E-state index contributed by atoms with van der Waals surface area (Å²) in [5, 5.41) is 12.6. The molecule has 0 saturated carbocycles. The van der Waals surface area contributed by atoms with Crippen LogP contribution in [-0.4, -0.2) is 36.9 Å². The van der Waals surface area contributed by atoms with E-state index in [4.69, 9.17) is 4.74 Å². The molecular weight excluding hydrogens is 242 g/mol. The van der Waals surface area contributed by atoms with E-state index >= 15 is 0 Å². The van der Waals surface area contributed by atoms with Crippen molar-refractivity contribution in [2.75, 3.05) is 20.3 Å². The van der Waals surface area contributed by atoms with Gasteiger partial charge in [0.2, 0.25) is 0 Å². The van der Waals surface area contributed by atoms with Crippen LogP contribution in [0.25, 0.3) is 0 Å². The third-order valence-electron chi connectivity index (χ3n) is 3.27. The summed E-state index contributed by atoms with van der Waals surface area (Å²) in [5.74, 6) is -0.346. The van der Waals surface area contributed by atoms with Gasteiger partial charge in [0.15, 0.2) is 0 Å². The van der Waals surface area contributed by atoms with E-state index in [1.54, 1.807) is 6.92 Å². The van der Waals surface area contributed by atoms with Gasteiger partial charge < -0.3 is 15.2 Å². The Morgan fingerprint density at radius 1 is 1.32 bits per heavy atom. The highest BCUT2D eigenvalue weighted by atomic mass is 16.5. The Morgan fingerprint density at radius 2 is 2.00 bits per heavy atom. The number of carbonyl (C=O) groups is 1. The first kappa shape index (κ1) is 15.7. The van der Waals surface area contributed by atoms with Crippen molar-refractivity contribution < 1.29 is 14.6 Å². The fraction of sp³-hybridized carbons (Fsp3) is 0.533. The molecule has 4 heteroatoms. The third kappa shape index (κ3) is 5.01. The molecule has 0 aromatic heterocycles. The highest BCUT2D eigenvalue weighted by Gasteiger charge is 2.32. The molecule has 0 fully saturated rings. The molecular formula is C15H23NO3. The molecule has 4 nitrogen and oxygen atoms in total. The molecule has 1 atom stereocenters. The Hall–Kier alpha value is -1.39. The Bertz CT molecular complexity index is 380. The minimum atomic E-state index is -1.32. The summed E-state index contributed by atoms with van der Waals surface area (Å²) in [6.07, 6.45) is 1.54. The summed E-state index contributed by atoms with van der Waals surface area (Å²) < 4.78 is 5.49. The average Bonchev–Trinajstić information content (AvgIpc) is 2.46. The zero-order valence-electron chi connectivity index (χ0n) is 11.7. The molecule has 0 spiro atoms. The lowest BCUT2D eigenvalue weighted by molar-refractivity contribution is -0.141. The van der Waals surface area contributed by atoms with Crippen molar-refractivity contribution >= 4 is 5.91 Å². The van der Waals surface area contributed by atoms with Crippen molar-refractivity contribution in [2.24, 2.45) is 0 Å². The quantitative estimate of drug-likeness (QED) is 0.701. The van der Waals surface area contributed by atoms with E-state index < -0.39 is 5.60 Å². The molecule has 1 rings (SSSR count). The van der Waals surface area contributed by atoms with Gasteiger partial charge in [-0.1, -0.05) is 37.3 Å². The molecule has 19 heavy (non-hydrogen) atoms. The monoisotopic (exact) mass is 265 g/mol. The molecule has 0 heterocycles. The third-order valence-corrected chi connectivity index (χ3v) is 3.27. The second-order valence-electron chi connectivity index (χ2n) is 4.56. The van der Waals surface area contributed by atoms with Crippen LogP contribution >= 0.6 is 0 Å². The maximum atomic E-state index is 11.5. The molecule has 106 valence electrons. The average molecular weight is 265 g/mol. The fourth-order valence-electron chi connectivity index (χ4n) is 1.86. The Morgan fingerprint density at radius 3 is 2.58 bits per heavy atom. The zero-order chi connectivity index (χ0) is 14.1. The van der Waals surface area contributed by atoms with Gasteiger partial charge in [-0.05, 0) is 18.4 Å². The van der Waals surface area contributed by atoms with Crippen molar-refractivity contribution in [3.8, 4) is 0 Å². The summed E-state index contributed by atoms with van der Waals surface area (Å²) in [6, 6.07) is 10.1. The number of carbonyl (C=O) groups excluding carboxylic acids is 1. The van der Waals surface area contributed by atoms with Crippen LogP contribution in [-0.2, 0) is 16.0 Å². The number of hydrogen-bond acceptors (Lipinski definition) is 3. The topological polar surface area (TPSA) is 58.6 Å². The summed E-state index contributed by atoms with van der Waals surface area (Å²) in [4.78, 5) is 11.5. The first-order valence-corrected chi connectivity index (χ1v) is 6.68. The van der Waals surface area contributed by atoms with Gasteiger partial charge in [0.05, 0.1) is 6.61 Å². The van der Waals surface area contributed by atoms with Crippen molar-refractivity contribution in [3.05, 3.63) is 35.9 Å². The van der Waals surface area contributed by atoms with E-state index in [0.29, 0.717) is 26.1 Å². The first-order valence-electron chi connectivity index (χ1n) is 6.68. The molecule has 1 unspecified atom stereocenters. The van der Waals surface area contributed by atoms with Crippen LogP contribution in [0.15, 0.2) is 30.3 Å². The maximum absolute atomic E-state index is 11.5. The van der Waals surface area contributed by atoms with Crippen LogP contribution in [0.3, 0.4) is 0 Å². The van der Waals surface area contributed by atoms with Crippen molar-refractivity contribution in [2.45, 2.75) is 31.8 Å². The van der Waals surface area contributed by atoms with Gasteiger partial charge in [0.25, 0.3) is 5.91 Å². The van der Waals surface area contributed by atoms with E-state index in [2.05, 4.69) is 17.4 Å². The standard InChI is InChI=1S/C15H23NO3/c1-3-15(18,14(17)16-2)10-12-19-11-9-13-7-5-4-6-8-13/h4-8,18H,3,9-12H2,1-2H3,(H,16,17). The SMILES string of the molecule is CCC(O)(CCOCCc1ccccc1)C(=O)NC. The largest absolute Gasteiger partial charge is 0.381 e. The Kier molecular flexibility index (Phi) is 6.53. The lowest BCUT2D eigenvalue weighted by atomic mass is 9.96. The number of amides is 1. The van der Waals surface area contributed by atoms with Crippen LogP contribution in [0.2, 0.25) is 0 Å². The number of likely N-dealkylation sites (N-methyl/N-ethyl adjacent to an activating group) is 1. The van der Waals surface area contributed by atoms with Gasteiger partial charge >= 0.3 is 0 Å². The smallest absolute Gasteiger partial charge is 0.251 e. The lowest BCUT2D eigenvalue weighted by Crippen LogP contribution is -2.45. The molecule has 0 aliphatic rings. The molecule has 1 amide bonds. The fourth-order valence-corrected chi connectivity index (χ4v) is 1.86. The molecule has 2 N–H and O–H groups in total. The molecule has 0 aliphatic heterocycles. The molecule has 1 aromatic carbocycles. The van der Waals surface area contributed by atoms with Crippen LogP contribution in [0.4, 0.5) is 0 Å². The second-order valence-corrected chi connectivity index (χ2v) is 4.56. The number of nitrogens with one attached hydrogen (secondary N) is 1. The van der Waals surface area contributed by atoms with E-state index in [9.17, 15) is 9.90 Å². The van der Waals surface area contributed by atoms with Crippen LogP contribution in [0.1, 0.15) is 25.3 Å². The van der Waals surface area contributed by atoms with Gasteiger partial charge in [-0.25, -0.2) is 0 Å². The van der Waals surface area contributed by atoms with Gasteiger partial charge in [-0.15, -0.1) is 0 Å². The predicted molar refractivity (Wildman–Crippen MR) is 74.9 cm³/mol. The summed E-state index contributed by atoms with van der Waals surface area (Å²) >= 11 is 0. The highest BCUT2D eigenvalue weighted by molar-refractivity contribution is 5.84. The summed E-state index contributed by atoms with van der Waals surface area (Å²) in [5.41, 5.74) is -0.0961. The second kappa shape index (κ2) is 7.92. The number of benzene rings is 1. The van der Waals surface area contributed by atoms with Gasteiger partial charge in [-0.3, -0.25) is 4.79 Å². The summed E-state index contributed by atoms with van der Waals surface area (Å²) in [6.45, 7) is 2.77. The lowest BCUT2D eigenvalue weighted by Gasteiger charge is -2.24.